The molecule has 0 spiro atoms. The summed E-state index contributed by atoms with van der Waals surface area (Å²) in [5.74, 6) is 0. The molecule has 0 aliphatic heterocycles. The molecule has 0 heterocycles. The third kappa shape index (κ3) is 0.959. The Labute approximate surface area is 72.9 Å². The average molecular weight is 168 g/mol. The molecule has 2 aliphatic carbocycles. The molecule has 0 atom stereocenters. The molecule has 68 valence electrons. The van der Waals surface area contributed by atoms with Gasteiger partial charge in [0, 0.05) is 11.1 Å². The molecule has 0 radical (unpaired) electrons. The first kappa shape index (κ1) is 8.05. The maximum absolute atomic E-state index is 10.4. The summed E-state index contributed by atoms with van der Waals surface area (Å²) in [6, 6.07) is 0. The summed E-state index contributed by atoms with van der Waals surface area (Å²) in [5.41, 5.74) is 0.487. The van der Waals surface area contributed by atoms with Crippen LogP contribution in [0.5, 0.6) is 0 Å². The van der Waals surface area contributed by atoms with E-state index in [1.807, 2.05) is 7.05 Å². The van der Waals surface area contributed by atoms with Crippen molar-refractivity contribution in [3.05, 3.63) is 0 Å². The van der Waals surface area contributed by atoms with Crippen LogP contribution in [0.3, 0.4) is 0 Å². The normalized spacial score (nSPS) is 44.8. The summed E-state index contributed by atoms with van der Waals surface area (Å²) >= 11 is 0. The Kier molecular flexibility index (Phi) is 1.65. The van der Waals surface area contributed by atoms with Crippen LogP contribution >= 0.6 is 0 Å². The average Bonchev–Trinajstić information content (AvgIpc) is 2.61. The van der Waals surface area contributed by atoms with E-state index in [1.54, 1.807) is 0 Å². The Hall–Kier alpha value is -0.570. The van der Waals surface area contributed by atoms with Crippen LogP contribution in [0.15, 0.2) is 0 Å². The van der Waals surface area contributed by atoms with Crippen LogP contribution in [0, 0.1) is 0 Å². The van der Waals surface area contributed by atoms with Crippen LogP contribution in [0.4, 0.5) is 0 Å². The van der Waals surface area contributed by atoms with Gasteiger partial charge < -0.3 is 10.6 Å². The first-order chi connectivity index (χ1) is 5.74. The molecule has 2 fully saturated rings. The maximum Gasteiger partial charge on any atom is 0.207 e. The maximum atomic E-state index is 10.4. The van der Waals surface area contributed by atoms with E-state index in [1.165, 1.54) is 12.8 Å². The molecule has 0 saturated heterocycles. The topological polar surface area (TPSA) is 41.1 Å². The van der Waals surface area contributed by atoms with Crippen molar-refractivity contribution in [2.24, 2.45) is 0 Å². The lowest BCUT2D eigenvalue weighted by Gasteiger charge is -2.26. The minimum atomic E-state index is 0.144. The third-order valence-corrected chi connectivity index (χ3v) is 3.74. The van der Waals surface area contributed by atoms with E-state index >= 15 is 0 Å². The minimum absolute atomic E-state index is 0.144. The monoisotopic (exact) mass is 168 g/mol. The van der Waals surface area contributed by atoms with Crippen LogP contribution in [-0.4, -0.2) is 24.5 Å². The number of carbonyl (C=O) groups is 1. The molecule has 0 unspecified atom stereocenters. The van der Waals surface area contributed by atoms with Crippen molar-refractivity contribution < 1.29 is 4.79 Å². The molecule has 2 N–H and O–H groups in total. The first-order valence-corrected chi connectivity index (χ1v) is 4.65. The fourth-order valence-corrected chi connectivity index (χ4v) is 2.87. The quantitative estimate of drug-likeness (QED) is 0.599. The SMILES string of the molecule is CNC12CCC(NC=O)(CC1)C2. The lowest BCUT2D eigenvalue weighted by molar-refractivity contribution is -0.111. The summed E-state index contributed by atoms with van der Waals surface area (Å²) in [7, 11) is 2.03. The van der Waals surface area contributed by atoms with Crippen molar-refractivity contribution in [2.45, 2.75) is 43.2 Å². The fraction of sp³-hybridized carbons (Fsp3) is 0.889. The number of fused-ring (bicyclic) bond motifs is 2. The van der Waals surface area contributed by atoms with Crippen molar-refractivity contribution in [3.8, 4) is 0 Å². The highest BCUT2D eigenvalue weighted by Crippen LogP contribution is 2.49. The molecule has 2 bridgehead atoms. The van der Waals surface area contributed by atoms with Crippen molar-refractivity contribution in [3.63, 3.8) is 0 Å². The molecule has 0 aromatic heterocycles. The summed E-state index contributed by atoms with van der Waals surface area (Å²) < 4.78 is 0. The first-order valence-electron chi connectivity index (χ1n) is 4.65. The zero-order valence-electron chi connectivity index (χ0n) is 7.52. The number of amides is 1. The summed E-state index contributed by atoms with van der Waals surface area (Å²) in [6.45, 7) is 0. The molecule has 12 heavy (non-hydrogen) atoms. The van der Waals surface area contributed by atoms with Gasteiger partial charge in [-0.15, -0.1) is 0 Å². The molecular weight excluding hydrogens is 152 g/mol. The van der Waals surface area contributed by atoms with Gasteiger partial charge in [-0.05, 0) is 39.2 Å². The highest BCUT2D eigenvalue weighted by Gasteiger charge is 2.53. The Morgan fingerprint density at radius 2 is 1.75 bits per heavy atom. The Morgan fingerprint density at radius 3 is 2.17 bits per heavy atom. The van der Waals surface area contributed by atoms with Gasteiger partial charge >= 0.3 is 0 Å². The van der Waals surface area contributed by atoms with E-state index in [4.69, 9.17) is 0 Å². The number of rotatable bonds is 3. The second kappa shape index (κ2) is 2.46. The van der Waals surface area contributed by atoms with E-state index in [-0.39, 0.29) is 5.54 Å². The van der Waals surface area contributed by atoms with Gasteiger partial charge in [0.15, 0.2) is 0 Å². The van der Waals surface area contributed by atoms with Crippen LogP contribution in [0.2, 0.25) is 0 Å². The van der Waals surface area contributed by atoms with Gasteiger partial charge in [-0.3, -0.25) is 4.79 Å². The van der Waals surface area contributed by atoms with Gasteiger partial charge in [0.1, 0.15) is 0 Å². The third-order valence-electron chi connectivity index (χ3n) is 3.74. The second-order valence-electron chi connectivity index (χ2n) is 4.25. The van der Waals surface area contributed by atoms with E-state index in [0.29, 0.717) is 5.54 Å². The minimum Gasteiger partial charge on any atom is -0.353 e. The molecule has 0 aromatic rings. The van der Waals surface area contributed by atoms with Gasteiger partial charge in [0.2, 0.25) is 6.41 Å². The summed E-state index contributed by atoms with van der Waals surface area (Å²) in [5, 5.41) is 6.38. The van der Waals surface area contributed by atoms with Gasteiger partial charge in [0.25, 0.3) is 0 Å². The number of nitrogens with one attached hydrogen (secondary N) is 2. The second-order valence-corrected chi connectivity index (χ2v) is 4.25. The van der Waals surface area contributed by atoms with Crippen molar-refractivity contribution in [2.75, 3.05) is 7.05 Å². The molecule has 3 heteroatoms. The Balaban J connectivity index is 2.11. The number of carbonyl (C=O) groups excluding carboxylic acids is 1. The van der Waals surface area contributed by atoms with Gasteiger partial charge in [-0.1, -0.05) is 0 Å². The number of hydrogen-bond acceptors (Lipinski definition) is 2. The lowest BCUT2D eigenvalue weighted by atomic mass is 9.91. The van der Waals surface area contributed by atoms with Gasteiger partial charge in [-0.25, -0.2) is 0 Å². The van der Waals surface area contributed by atoms with Crippen LogP contribution < -0.4 is 10.6 Å². The molecule has 2 saturated carbocycles. The highest BCUT2D eigenvalue weighted by molar-refractivity contribution is 5.49. The lowest BCUT2D eigenvalue weighted by Crippen LogP contribution is -2.40. The summed E-state index contributed by atoms with van der Waals surface area (Å²) in [4.78, 5) is 10.4. The van der Waals surface area contributed by atoms with E-state index in [2.05, 4.69) is 10.6 Å². The molecule has 2 rings (SSSR count). The molecular formula is C9H16N2O. The fourth-order valence-electron chi connectivity index (χ4n) is 2.87. The van der Waals surface area contributed by atoms with Gasteiger partial charge in [0.05, 0.1) is 0 Å². The van der Waals surface area contributed by atoms with E-state index < -0.39 is 0 Å². The van der Waals surface area contributed by atoms with Crippen molar-refractivity contribution in [1.29, 1.82) is 0 Å². The van der Waals surface area contributed by atoms with Crippen molar-refractivity contribution in [1.82, 2.24) is 10.6 Å². The number of hydrogen-bond donors (Lipinski definition) is 2. The highest BCUT2D eigenvalue weighted by atomic mass is 16.1. The molecule has 3 nitrogen and oxygen atoms in total. The largest absolute Gasteiger partial charge is 0.353 e. The predicted molar refractivity (Wildman–Crippen MR) is 46.8 cm³/mol. The van der Waals surface area contributed by atoms with Crippen molar-refractivity contribution >= 4 is 6.41 Å². The zero-order valence-corrected chi connectivity index (χ0v) is 7.52. The predicted octanol–water partition coefficient (Wildman–Crippen LogP) is 0.407. The van der Waals surface area contributed by atoms with E-state index in [9.17, 15) is 4.79 Å². The van der Waals surface area contributed by atoms with E-state index in [0.717, 1.165) is 25.7 Å². The molecule has 0 aromatic carbocycles. The van der Waals surface area contributed by atoms with Crippen LogP contribution in [0.25, 0.3) is 0 Å². The van der Waals surface area contributed by atoms with Crippen LogP contribution in [0.1, 0.15) is 32.1 Å². The zero-order chi connectivity index (χ0) is 8.66. The summed E-state index contributed by atoms with van der Waals surface area (Å²) in [6.07, 6.45) is 6.69. The smallest absolute Gasteiger partial charge is 0.207 e. The molecule has 1 amide bonds. The molecule has 2 aliphatic rings. The van der Waals surface area contributed by atoms with Crippen LogP contribution in [-0.2, 0) is 4.79 Å². The standard InChI is InChI=1S/C9H16N2O/c1-10-8-2-4-9(6-8,5-3-8)11-7-12/h7,10H,2-6H2,1H3,(H,11,12). The Morgan fingerprint density at radius 1 is 1.17 bits per heavy atom. The Bertz CT molecular complexity index is 195. The van der Waals surface area contributed by atoms with Gasteiger partial charge in [-0.2, -0.15) is 0 Å².